The number of hydrogen-bond acceptors (Lipinski definition) is 3. The van der Waals surface area contributed by atoms with E-state index < -0.39 is 0 Å². The van der Waals surface area contributed by atoms with Gasteiger partial charge in [0, 0.05) is 32.2 Å². The summed E-state index contributed by atoms with van der Waals surface area (Å²) < 4.78 is 0. The van der Waals surface area contributed by atoms with E-state index in [-0.39, 0.29) is 0 Å². The van der Waals surface area contributed by atoms with Gasteiger partial charge in [0.25, 0.3) is 0 Å². The van der Waals surface area contributed by atoms with Gasteiger partial charge in [0.05, 0.1) is 6.54 Å². The van der Waals surface area contributed by atoms with Crippen LogP contribution in [-0.2, 0) is 0 Å². The van der Waals surface area contributed by atoms with Crippen molar-refractivity contribution in [2.75, 3.05) is 32.7 Å². The lowest BCUT2D eigenvalue weighted by atomic mass is 10.4. The number of rotatable bonds is 1. The van der Waals surface area contributed by atoms with Gasteiger partial charge < -0.3 is 11.1 Å². The van der Waals surface area contributed by atoms with Crippen LogP contribution >= 0.6 is 0 Å². The predicted octanol–water partition coefficient (Wildman–Crippen LogP) is -1.19. The van der Waals surface area contributed by atoms with Crippen molar-refractivity contribution in [1.82, 2.24) is 10.2 Å². The van der Waals surface area contributed by atoms with Crippen LogP contribution in [0.5, 0.6) is 0 Å². The van der Waals surface area contributed by atoms with Gasteiger partial charge in [0.1, 0.15) is 0 Å². The van der Waals surface area contributed by atoms with Gasteiger partial charge in [-0.2, -0.15) is 0 Å². The molecule has 3 heteroatoms. The average molecular weight is 139 g/mol. The molecule has 1 saturated heterocycles. The van der Waals surface area contributed by atoms with Crippen LogP contribution in [0.3, 0.4) is 0 Å². The zero-order valence-electron chi connectivity index (χ0n) is 6.06. The van der Waals surface area contributed by atoms with Crippen molar-refractivity contribution in [3.05, 3.63) is 0 Å². The Balaban J connectivity index is 2.17. The van der Waals surface area contributed by atoms with Crippen molar-refractivity contribution < 1.29 is 0 Å². The molecule has 1 aliphatic heterocycles. The van der Waals surface area contributed by atoms with Crippen molar-refractivity contribution in [1.29, 1.82) is 0 Å². The maximum atomic E-state index is 5.04. The predicted molar refractivity (Wildman–Crippen MR) is 41.3 cm³/mol. The number of piperazine rings is 1. The molecule has 1 heterocycles. The fourth-order valence-electron chi connectivity index (χ4n) is 1.03. The highest BCUT2D eigenvalue weighted by Gasteiger charge is 2.06. The minimum absolute atomic E-state index is 0.818. The monoisotopic (exact) mass is 139 g/mol. The van der Waals surface area contributed by atoms with Crippen LogP contribution in [0.25, 0.3) is 0 Å². The number of nitrogens with two attached hydrogens (primary N) is 1. The summed E-state index contributed by atoms with van der Waals surface area (Å²) in [4.78, 5) is 2.29. The van der Waals surface area contributed by atoms with Crippen molar-refractivity contribution in [2.24, 2.45) is 5.73 Å². The largest absolute Gasteiger partial charge is 0.359 e. The molecular formula is C7H13N3. The van der Waals surface area contributed by atoms with E-state index in [9.17, 15) is 0 Å². The van der Waals surface area contributed by atoms with Gasteiger partial charge in [-0.3, -0.25) is 4.90 Å². The minimum Gasteiger partial charge on any atom is -0.359 e. The molecule has 0 aromatic carbocycles. The molecule has 0 aliphatic carbocycles. The molecule has 0 atom stereocenters. The van der Waals surface area contributed by atoms with E-state index in [1.54, 1.807) is 0 Å². The molecule has 1 rings (SSSR count). The molecule has 3 N–H and O–H groups in total. The smallest absolute Gasteiger partial charge is 0.0620 e. The topological polar surface area (TPSA) is 41.3 Å². The maximum Gasteiger partial charge on any atom is 0.0620 e. The highest BCUT2D eigenvalue weighted by Crippen LogP contribution is 1.88. The standard InChI is InChI=1S/C7H13N3/c8-2-1-5-10-6-3-9-4-7-10/h9H,3-8H2. The van der Waals surface area contributed by atoms with Crippen LogP contribution < -0.4 is 11.1 Å². The zero-order chi connectivity index (χ0) is 7.23. The second-order valence-electron chi connectivity index (χ2n) is 2.35. The minimum atomic E-state index is 0.818. The molecule has 1 fully saturated rings. The van der Waals surface area contributed by atoms with E-state index >= 15 is 0 Å². The third kappa shape index (κ3) is 2.26. The lowest BCUT2D eigenvalue weighted by Crippen LogP contribution is -2.43. The fraction of sp³-hybridized carbons (Fsp3) is 0.714. The first-order valence-corrected chi connectivity index (χ1v) is 3.55. The van der Waals surface area contributed by atoms with Crippen LogP contribution in [0.15, 0.2) is 0 Å². The second-order valence-corrected chi connectivity index (χ2v) is 2.35. The summed E-state index contributed by atoms with van der Waals surface area (Å²) in [5.41, 5.74) is 5.04. The molecule has 0 aromatic heterocycles. The van der Waals surface area contributed by atoms with Crippen molar-refractivity contribution in [3.8, 4) is 12.0 Å². The molecule has 0 saturated carbocycles. The average Bonchev–Trinajstić information content (AvgIpc) is 2.03. The van der Waals surface area contributed by atoms with E-state index in [0.29, 0.717) is 0 Å². The van der Waals surface area contributed by atoms with Crippen LogP contribution in [-0.4, -0.2) is 37.6 Å². The molecule has 0 aromatic rings. The third-order valence-electron chi connectivity index (χ3n) is 1.61. The van der Waals surface area contributed by atoms with Gasteiger partial charge in [0.2, 0.25) is 0 Å². The van der Waals surface area contributed by atoms with E-state index in [4.69, 9.17) is 5.73 Å². The second kappa shape index (κ2) is 4.15. The van der Waals surface area contributed by atoms with Crippen LogP contribution in [0, 0.1) is 12.0 Å². The molecule has 0 spiro atoms. The summed E-state index contributed by atoms with van der Waals surface area (Å²) in [6.07, 6.45) is 0. The number of nitrogens with zero attached hydrogens (tertiary/aromatic N) is 1. The molecule has 0 unspecified atom stereocenters. The zero-order valence-corrected chi connectivity index (χ0v) is 6.06. The van der Waals surface area contributed by atoms with Gasteiger partial charge in [-0.1, -0.05) is 5.92 Å². The van der Waals surface area contributed by atoms with Crippen LogP contribution in [0.4, 0.5) is 0 Å². The van der Waals surface area contributed by atoms with E-state index in [1.165, 1.54) is 0 Å². The summed E-state index contributed by atoms with van der Waals surface area (Å²) in [7, 11) is 0. The Morgan fingerprint density at radius 1 is 1.40 bits per heavy atom. The summed E-state index contributed by atoms with van der Waals surface area (Å²) in [6.45, 7) is 5.15. The first-order chi connectivity index (χ1) is 4.93. The van der Waals surface area contributed by atoms with Gasteiger partial charge in [0.15, 0.2) is 0 Å². The van der Waals surface area contributed by atoms with E-state index in [1.807, 2.05) is 0 Å². The molecule has 3 nitrogen and oxygen atoms in total. The Labute approximate surface area is 61.6 Å². The Kier molecular flexibility index (Phi) is 3.07. The first kappa shape index (κ1) is 7.39. The Hall–Kier alpha value is -0.720. The molecule has 0 amide bonds. The van der Waals surface area contributed by atoms with Gasteiger partial charge in [-0.15, -0.1) is 0 Å². The summed E-state index contributed by atoms with van der Waals surface area (Å²) >= 11 is 0. The fourth-order valence-corrected chi connectivity index (χ4v) is 1.03. The molecule has 0 radical (unpaired) electrons. The molecule has 10 heavy (non-hydrogen) atoms. The lowest BCUT2D eigenvalue weighted by Gasteiger charge is -2.24. The highest BCUT2D eigenvalue weighted by molar-refractivity contribution is 4.97. The SMILES string of the molecule is NC#CCN1CCNCC1. The Morgan fingerprint density at radius 3 is 2.70 bits per heavy atom. The van der Waals surface area contributed by atoms with Crippen LogP contribution in [0.1, 0.15) is 0 Å². The maximum absolute atomic E-state index is 5.04. The molecular weight excluding hydrogens is 126 g/mol. The summed E-state index contributed by atoms with van der Waals surface area (Å²) in [6, 6.07) is 2.40. The summed E-state index contributed by atoms with van der Waals surface area (Å²) in [5.74, 6) is 2.84. The molecule has 56 valence electrons. The lowest BCUT2D eigenvalue weighted by molar-refractivity contribution is 0.268. The van der Waals surface area contributed by atoms with E-state index in [2.05, 4.69) is 22.2 Å². The van der Waals surface area contributed by atoms with Gasteiger partial charge >= 0.3 is 0 Å². The van der Waals surface area contributed by atoms with Crippen LogP contribution in [0.2, 0.25) is 0 Å². The first-order valence-electron chi connectivity index (χ1n) is 3.55. The van der Waals surface area contributed by atoms with Crippen molar-refractivity contribution in [3.63, 3.8) is 0 Å². The quantitative estimate of drug-likeness (QED) is 0.354. The van der Waals surface area contributed by atoms with Gasteiger partial charge in [-0.05, 0) is 0 Å². The highest BCUT2D eigenvalue weighted by atomic mass is 15.2. The summed E-state index contributed by atoms with van der Waals surface area (Å²) in [5, 5.41) is 3.27. The number of nitrogens with one attached hydrogen (secondary N) is 1. The molecule has 1 aliphatic rings. The Morgan fingerprint density at radius 2 is 2.10 bits per heavy atom. The number of hydrogen-bond donors (Lipinski definition) is 2. The molecule has 0 bridgehead atoms. The van der Waals surface area contributed by atoms with E-state index in [0.717, 1.165) is 32.7 Å². The van der Waals surface area contributed by atoms with Crippen molar-refractivity contribution >= 4 is 0 Å². The van der Waals surface area contributed by atoms with Crippen molar-refractivity contribution in [2.45, 2.75) is 0 Å². The normalized spacial score (nSPS) is 19.6. The van der Waals surface area contributed by atoms with Gasteiger partial charge in [-0.25, -0.2) is 0 Å². The Bertz CT molecular complexity index is 139. The third-order valence-corrected chi connectivity index (χ3v) is 1.61.